The molecule has 10 heavy (non-hydrogen) atoms. The number of nitrogens with two attached hydrogens (primary N) is 1. The van der Waals surface area contributed by atoms with Crippen LogP contribution in [0.25, 0.3) is 0 Å². The molecule has 0 radical (unpaired) electrons. The SMILES string of the molecule is Nc1nccc(Br)c1CCl. The Hall–Kier alpha value is -0.280. The van der Waals surface area contributed by atoms with E-state index >= 15 is 0 Å². The van der Waals surface area contributed by atoms with Crippen LogP contribution in [0, 0.1) is 0 Å². The van der Waals surface area contributed by atoms with Crippen molar-refractivity contribution in [3.63, 3.8) is 0 Å². The second-order valence-electron chi connectivity index (χ2n) is 1.79. The summed E-state index contributed by atoms with van der Waals surface area (Å²) < 4.78 is 0.912. The normalized spacial score (nSPS) is 9.80. The summed E-state index contributed by atoms with van der Waals surface area (Å²) in [7, 11) is 0. The first-order valence-corrected chi connectivity index (χ1v) is 4.03. The van der Waals surface area contributed by atoms with Gasteiger partial charge in [-0.15, -0.1) is 11.6 Å². The Bertz CT molecular complexity index is 219. The zero-order valence-corrected chi connectivity index (χ0v) is 7.48. The summed E-state index contributed by atoms with van der Waals surface area (Å²) in [6, 6.07) is 1.81. The molecule has 0 fully saturated rings. The van der Waals surface area contributed by atoms with Gasteiger partial charge in [0.25, 0.3) is 0 Å². The van der Waals surface area contributed by atoms with Crippen molar-refractivity contribution in [2.45, 2.75) is 5.88 Å². The van der Waals surface area contributed by atoms with Gasteiger partial charge in [-0.25, -0.2) is 4.98 Å². The Morgan fingerprint density at radius 1 is 1.70 bits per heavy atom. The van der Waals surface area contributed by atoms with Gasteiger partial charge in [0.1, 0.15) is 5.82 Å². The van der Waals surface area contributed by atoms with E-state index in [1.807, 2.05) is 6.07 Å². The molecule has 0 aliphatic heterocycles. The molecule has 2 nitrogen and oxygen atoms in total. The van der Waals surface area contributed by atoms with E-state index in [1.165, 1.54) is 0 Å². The molecule has 1 heterocycles. The molecule has 0 saturated carbocycles. The van der Waals surface area contributed by atoms with Gasteiger partial charge in [-0.1, -0.05) is 15.9 Å². The van der Waals surface area contributed by atoms with Crippen molar-refractivity contribution >= 4 is 33.3 Å². The molecule has 0 aromatic carbocycles. The minimum Gasteiger partial charge on any atom is -0.383 e. The predicted molar refractivity (Wildman–Crippen MR) is 45.9 cm³/mol. The van der Waals surface area contributed by atoms with Crippen LogP contribution in [0.15, 0.2) is 16.7 Å². The third-order valence-electron chi connectivity index (χ3n) is 1.17. The molecule has 0 aliphatic carbocycles. The smallest absolute Gasteiger partial charge is 0.128 e. The Kier molecular flexibility index (Phi) is 2.51. The van der Waals surface area contributed by atoms with Crippen molar-refractivity contribution in [3.05, 3.63) is 22.3 Å². The average Bonchev–Trinajstić information content (AvgIpc) is 1.88. The molecule has 54 valence electrons. The van der Waals surface area contributed by atoms with E-state index in [0.29, 0.717) is 11.7 Å². The van der Waals surface area contributed by atoms with Crippen molar-refractivity contribution in [1.82, 2.24) is 4.98 Å². The first-order valence-electron chi connectivity index (χ1n) is 2.70. The van der Waals surface area contributed by atoms with E-state index in [0.717, 1.165) is 10.0 Å². The third-order valence-corrected chi connectivity index (χ3v) is 2.18. The van der Waals surface area contributed by atoms with Crippen LogP contribution in [-0.4, -0.2) is 4.98 Å². The molecule has 0 unspecified atom stereocenters. The Balaban J connectivity index is 3.17. The summed E-state index contributed by atoms with van der Waals surface area (Å²) in [6.45, 7) is 0. The summed E-state index contributed by atoms with van der Waals surface area (Å²) in [5, 5.41) is 0. The number of anilines is 1. The molecular formula is C6H6BrClN2. The number of rotatable bonds is 1. The van der Waals surface area contributed by atoms with E-state index in [9.17, 15) is 0 Å². The summed E-state index contributed by atoms with van der Waals surface area (Å²) in [5.41, 5.74) is 6.36. The monoisotopic (exact) mass is 220 g/mol. The van der Waals surface area contributed by atoms with Crippen LogP contribution in [0.4, 0.5) is 5.82 Å². The largest absolute Gasteiger partial charge is 0.383 e. The molecular weight excluding hydrogens is 215 g/mol. The van der Waals surface area contributed by atoms with E-state index in [-0.39, 0.29) is 0 Å². The highest BCUT2D eigenvalue weighted by atomic mass is 79.9. The van der Waals surface area contributed by atoms with E-state index in [4.69, 9.17) is 17.3 Å². The van der Waals surface area contributed by atoms with Crippen LogP contribution < -0.4 is 5.73 Å². The fourth-order valence-electron chi connectivity index (χ4n) is 0.616. The number of hydrogen-bond acceptors (Lipinski definition) is 2. The highest BCUT2D eigenvalue weighted by Crippen LogP contribution is 2.21. The van der Waals surface area contributed by atoms with Gasteiger partial charge in [-0.05, 0) is 6.07 Å². The first kappa shape index (κ1) is 7.82. The lowest BCUT2D eigenvalue weighted by Crippen LogP contribution is -1.95. The molecule has 0 amide bonds. The molecule has 0 aliphatic rings. The molecule has 0 bridgehead atoms. The van der Waals surface area contributed by atoms with E-state index < -0.39 is 0 Å². The van der Waals surface area contributed by atoms with Gasteiger partial charge < -0.3 is 5.73 Å². The van der Waals surface area contributed by atoms with Crippen molar-refractivity contribution in [2.75, 3.05) is 5.73 Å². The Morgan fingerprint density at radius 3 is 2.80 bits per heavy atom. The zero-order valence-electron chi connectivity index (χ0n) is 5.14. The Morgan fingerprint density at radius 2 is 2.40 bits per heavy atom. The lowest BCUT2D eigenvalue weighted by Gasteiger charge is -2.01. The van der Waals surface area contributed by atoms with Crippen molar-refractivity contribution < 1.29 is 0 Å². The molecule has 4 heteroatoms. The maximum Gasteiger partial charge on any atom is 0.128 e. The summed E-state index contributed by atoms with van der Waals surface area (Å²) in [6.07, 6.45) is 1.63. The van der Waals surface area contributed by atoms with Gasteiger partial charge in [-0.3, -0.25) is 0 Å². The number of pyridine rings is 1. The van der Waals surface area contributed by atoms with Crippen LogP contribution in [0.3, 0.4) is 0 Å². The second-order valence-corrected chi connectivity index (χ2v) is 2.91. The van der Waals surface area contributed by atoms with Gasteiger partial charge in [0.2, 0.25) is 0 Å². The molecule has 1 rings (SSSR count). The minimum atomic E-state index is 0.389. The summed E-state index contributed by atoms with van der Waals surface area (Å²) >= 11 is 8.89. The standard InChI is InChI=1S/C6H6BrClN2/c7-5-1-2-10-6(9)4(5)3-8/h1-2H,3H2,(H2,9,10). The van der Waals surface area contributed by atoms with Crippen LogP contribution in [0.5, 0.6) is 0 Å². The number of halogens is 2. The highest BCUT2D eigenvalue weighted by molar-refractivity contribution is 9.10. The molecule has 0 saturated heterocycles. The van der Waals surface area contributed by atoms with Crippen molar-refractivity contribution in [3.8, 4) is 0 Å². The minimum absolute atomic E-state index is 0.389. The van der Waals surface area contributed by atoms with Crippen molar-refractivity contribution in [2.24, 2.45) is 0 Å². The van der Waals surface area contributed by atoms with Crippen LogP contribution in [0.2, 0.25) is 0 Å². The quantitative estimate of drug-likeness (QED) is 0.738. The van der Waals surface area contributed by atoms with Gasteiger partial charge in [0.15, 0.2) is 0 Å². The average molecular weight is 221 g/mol. The van der Waals surface area contributed by atoms with E-state index in [1.54, 1.807) is 6.20 Å². The predicted octanol–water partition coefficient (Wildman–Crippen LogP) is 2.17. The number of nitrogens with zero attached hydrogens (tertiary/aromatic N) is 1. The summed E-state index contributed by atoms with van der Waals surface area (Å²) in [5.74, 6) is 0.879. The number of hydrogen-bond donors (Lipinski definition) is 1. The molecule has 2 N–H and O–H groups in total. The van der Waals surface area contributed by atoms with Gasteiger partial charge in [0, 0.05) is 16.2 Å². The highest BCUT2D eigenvalue weighted by Gasteiger charge is 2.01. The number of nitrogen functional groups attached to an aromatic ring is 1. The maximum absolute atomic E-state index is 5.59. The zero-order chi connectivity index (χ0) is 7.56. The number of alkyl halides is 1. The first-order chi connectivity index (χ1) is 4.75. The second kappa shape index (κ2) is 3.21. The van der Waals surface area contributed by atoms with Gasteiger partial charge in [0.05, 0.1) is 5.88 Å². The fraction of sp³-hybridized carbons (Fsp3) is 0.167. The number of aromatic nitrogens is 1. The third kappa shape index (κ3) is 1.41. The maximum atomic E-state index is 5.59. The molecule has 0 atom stereocenters. The van der Waals surface area contributed by atoms with Gasteiger partial charge >= 0.3 is 0 Å². The molecule has 1 aromatic rings. The van der Waals surface area contributed by atoms with Crippen LogP contribution in [-0.2, 0) is 5.88 Å². The Labute approximate surface area is 72.5 Å². The fourth-order valence-corrected chi connectivity index (χ4v) is 1.52. The van der Waals surface area contributed by atoms with Crippen LogP contribution in [0.1, 0.15) is 5.56 Å². The van der Waals surface area contributed by atoms with Crippen molar-refractivity contribution in [1.29, 1.82) is 0 Å². The van der Waals surface area contributed by atoms with Gasteiger partial charge in [-0.2, -0.15) is 0 Å². The van der Waals surface area contributed by atoms with Crippen LogP contribution >= 0.6 is 27.5 Å². The van der Waals surface area contributed by atoms with E-state index in [2.05, 4.69) is 20.9 Å². The molecule has 1 aromatic heterocycles. The molecule has 0 spiro atoms. The topological polar surface area (TPSA) is 38.9 Å². The summed E-state index contributed by atoms with van der Waals surface area (Å²) in [4.78, 5) is 3.87. The lowest BCUT2D eigenvalue weighted by molar-refractivity contribution is 1.24. The lowest BCUT2D eigenvalue weighted by atomic mass is 10.3.